The van der Waals surface area contributed by atoms with Crippen LogP contribution < -0.4 is 5.43 Å². The quantitative estimate of drug-likeness (QED) is 0.412. The largest absolute Gasteiger partial charge is 0.450 e. The highest BCUT2D eigenvalue weighted by atomic mass is 16.3. The monoisotopic (exact) mass is 438 g/mol. The molecule has 4 aromatic rings. The number of hydrogen-bond acceptors (Lipinski definition) is 4. The summed E-state index contributed by atoms with van der Waals surface area (Å²) in [5, 5.41) is 0.541. The molecule has 0 saturated heterocycles. The highest BCUT2D eigenvalue weighted by molar-refractivity contribution is 5.99. The number of pyridine rings is 1. The molecule has 0 saturated carbocycles. The van der Waals surface area contributed by atoms with Crippen LogP contribution in [0.3, 0.4) is 0 Å². The molecule has 33 heavy (non-hydrogen) atoms. The molecule has 0 fully saturated rings. The van der Waals surface area contributed by atoms with Gasteiger partial charge >= 0.3 is 0 Å². The van der Waals surface area contributed by atoms with Crippen LogP contribution in [0.1, 0.15) is 69.7 Å². The molecule has 1 amide bonds. The molecule has 0 bridgehead atoms. The van der Waals surface area contributed by atoms with Gasteiger partial charge in [0.2, 0.25) is 5.76 Å². The zero-order valence-corrected chi connectivity index (χ0v) is 19.3. The van der Waals surface area contributed by atoms with Crippen molar-refractivity contribution in [2.45, 2.75) is 46.2 Å². The van der Waals surface area contributed by atoms with Crippen LogP contribution >= 0.6 is 0 Å². The van der Waals surface area contributed by atoms with Crippen molar-refractivity contribution in [1.82, 2.24) is 9.88 Å². The second kappa shape index (κ2) is 8.00. The number of fused-ring (bicyclic) bond motifs is 2. The van der Waals surface area contributed by atoms with Crippen molar-refractivity contribution < 1.29 is 9.21 Å². The van der Waals surface area contributed by atoms with Gasteiger partial charge in [-0.2, -0.15) is 0 Å². The lowest BCUT2D eigenvalue weighted by molar-refractivity contribution is 0.0714. The van der Waals surface area contributed by atoms with Gasteiger partial charge in [0.15, 0.2) is 5.43 Å². The zero-order chi connectivity index (χ0) is 23.3. The fraction of sp³-hybridized carbons (Fsp3) is 0.250. The van der Waals surface area contributed by atoms with E-state index >= 15 is 0 Å². The smallest absolute Gasteiger partial charge is 0.291 e. The first-order chi connectivity index (χ1) is 15.8. The van der Waals surface area contributed by atoms with E-state index in [4.69, 9.17) is 4.42 Å². The minimum absolute atomic E-state index is 0.135. The van der Waals surface area contributed by atoms with Gasteiger partial charge in [-0.05, 0) is 59.7 Å². The Hall–Kier alpha value is -3.73. The van der Waals surface area contributed by atoms with Gasteiger partial charge in [-0.25, -0.2) is 0 Å². The SMILES string of the molecule is Cc1cc(C)c2c(=O)c3c(oc2c1)C(=O)N(Cc1cccnc1)C3c1ccc(C(C)C)cc1. The second-order valence-corrected chi connectivity index (χ2v) is 9.15. The molecule has 0 spiro atoms. The Balaban J connectivity index is 1.73. The van der Waals surface area contributed by atoms with E-state index in [1.807, 2.05) is 50.2 Å². The Labute approximate surface area is 192 Å². The summed E-state index contributed by atoms with van der Waals surface area (Å²) in [6.07, 6.45) is 3.45. The minimum Gasteiger partial charge on any atom is -0.450 e. The summed E-state index contributed by atoms with van der Waals surface area (Å²) in [5.41, 5.74) is 5.58. The molecule has 5 heteroatoms. The van der Waals surface area contributed by atoms with Gasteiger partial charge in [0.25, 0.3) is 5.91 Å². The fourth-order valence-electron chi connectivity index (χ4n) is 4.77. The maximum atomic E-state index is 13.8. The standard InChI is InChI=1S/C28H26N2O3/c1-16(2)20-7-9-21(10-8-20)25-24-26(31)23-18(4)12-17(3)13-22(23)33-27(24)28(32)30(25)15-19-6-5-11-29-14-19/h5-14,16,25H,15H2,1-4H3. The van der Waals surface area contributed by atoms with E-state index in [2.05, 4.69) is 31.0 Å². The Kier molecular flexibility index (Phi) is 5.12. The summed E-state index contributed by atoms with van der Waals surface area (Å²) in [4.78, 5) is 33.3. The number of benzene rings is 2. The third-order valence-corrected chi connectivity index (χ3v) is 6.41. The molecule has 0 N–H and O–H groups in total. The third-order valence-electron chi connectivity index (χ3n) is 6.41. The van der Waals surface area contributed by atoms with Crippen molar-refractivity contribution in [1.29, 1.82) is 0 Å². The Morgan fingerprint density at radius 3 is 2.48 bits per heavy atom. The van der Waals surface area contributed by atoms with Crippen LogP contribution in [0, 0.1) is 13.8 Å². The van der Waals surface area contributed by atoms with Gasteiger partial charge < -0.3 is 9.32 Å². The zero-order valence-electron chi connectivity index (χ0n) is 19.3. The maximum absolute atomic E-state index is 13.8. The molecule has 1 unspecified atom stereocenters. The number of carbonyl (C=O) groups is 1. The van der Waals surface area contributed by atoms with Crippen LogP contribution in [0.2, 0.25) is 0 Å². The summed E-state index contributed by atoms with van der Waals surface area (Å²) in [7, 11) is 0. The third kappa shape index (κ3) is 3.54. The molecule has 166 valence electrons. The van der Waals surface area contributed by atoms with Crippen molar-refractivity contribution in [3.8, 4) is 0 Å². The van der Waals surface area contributed by atoms with Crippen LogP contribution in [0.25, 0.3) is 11.0 Å². The molecule has 3 heterocycles. The highest BCUT2D eigenvalue weighted by Crippen LogP contribution is 2.39. The van der Waals surface area contributed by atoms with Crippen molar-refractivity contribution in [3.63, 3.8) is 0 Å². The van der Waals surface area contributed by atoms with Gasteiger partial charge in [-0.1, -0.05) is 50.2 Å². The van der Waals surface area contributed by atoms with Crippen molar-refractivity contribution >= 4 is 16.9 Å². The van der Waals surface area contributed by atoms with E-state index in [1.165, 1.54) is 5.56 Å². The van der Waals surface area contributed by atoms with Gasteiger partial charge in [0.1, 0.15) is 5.58 Å². The number of amides is 1. The molecular formula is C28H26N2O3. The van der Waals surface area contributed by atoms with E-state index in [0.717, 1.165) is 22.3 Å². The molecule has 1 aliphatic rings. The topological polar surface area (TPSA) is 63.4 Å². The predicted octanol–water partition coefficient (Wildman–Crippen LogP) is 5.67. The summed E-state index contributed by atoms with van der Waals surface area (Å²) in [6, 6.07) is 15.2. The lowest BCUT2D eigenvalue weighted by atomic mass is 9.94. The number of carbonyl (C=O) groups excluding carboxylic acids is 1. The number of hydrogen-bond donors (Lipinski definition) is 0. The van der Waals surface area contributed by atoms with Crippen LogP contribution in [-0.4, -0.2) is 15.8 Å². The second-order valence-electron chi connectivity index (χ2n) is 9.15. The molecule has 1 atom stereocenters. The van der Waals surface area contributed by atoms with Crippen LogP contribution in [0.5, 0.6) is 0 Å². The molecular weight excluding hydrogens is 412 g/mol. The number of aromatic nitrogens is 1. The number of rotatable bonds is 4. The molecule has 1 aliphatic heterocycles. The van der Waals surface area contributed by atoms with E-state index in [9.17, 15) is 9.59 Å². The molecule has 2 aromatic carbocycles. The number of aryl methyl sites for hydroxylation is 2. The van der Waals surface area contributed by atoms with Crippen LogP contribution in [0.15, 0.2) is 70.1 Å². The molecule has 2 aromatic heterocycles. The fourth-order valence-corrected chi connectivity index (χ4v) is 4.77. The molecule has 0 radical (unpaired) electrons. The van der Waals surface area contributed by atoms with Gasteiger partial charge in [-0.15, -0.1) is 0 Å². The summed E-state index contributed by atoms with van der Waals surface area (Å²) >= 11 is 0. The first-order valence-corrected chi connectivity index (χ1v) is 11.2. The normalized spacial score (nSPS) is 15.5. The van der Waals surface area contributed by atoms with Crippen LogP contribution in [0.4, 0.5) is 0 Å². The summed E-state index contributed by atoms with van der Waals surface area (Å²) in [6.45, 7) is 8.49. The van der Waals surface area contributed by atoms with Gasteiger partial charge in [0, 0.05) is 18.9 Å². The Bertz CT molecular complexity index is 1420. The first-order valence-electron chi connectivity index (χ1n) is 11.2. The molecule has 5 rings (SSSR count). The van der Waals surface area contributed by atoms with Crippen molar-refractivity contribution in [2.24, 2.45) is 0 Å². The highest BCUT2D eigenvalue weighted by Gasteiger charge is 2.42. The maximum Gasteiger partial charge on any atom is 0.291 e. The van der Waals surface area contributed by atoms with Gasteiger partial charge in [-0.3, -0.25) is 14.6 Å². The van der Waals surface area contributed by atoms with Crippen LogP contribution in [-0.2, 0) is 6.54 Å². The molecule has 0 aliphatic carbocycles. The van der Waals surface area contributed by atoms with Gasteiger partial charge in [0.05, 0.1) is 17.0 Å². The van der Waals surface area contributed by atoms with Crippen molar-refractivity contribution in [2.75, 3.05) is 0 Å². The average Bonchev–Trinajstić information content (AvgIpc) is 3.06. The summed E-state index contributed by atoms with van der Waals surface area (Å²) in [5.74, 6) is 0.257. The van der Waals surface area contributed by atoms with E-state index < -0.39 is 6.04 Å². The lowest BCUT2D eigenvalue weighted by Gasteiger charge is -2.25. The minimum atomic E-state index is -0.518. The van der Waals surface area contributed by atoms with E-state index in [-0.39, 0.29) is 17.1 Å². The Morgan fingerprint density at radius 2 is 1.82 bits per heavy atom. The average molecular weight is 439 g/mol. The van der Waals surface area contributed by atoms with E-state index in [0.29, 0.717) is 29.0 Å². The first kappa shape index (κ1) is 21.1. The predicted molar refractivity (Wildman–Crippen MR) is 128 cm³/mol. The summed E-state index contributed by atoms with van der Waals surface area (Å²) < 4.78 is 6.13. The van der Waals surface area contributed by atoms with Crippen molar-refractivity contribution in [3.05, 3.63) is 110 Å². The Morgan fingerprint density at radius 1 is 1.06 bits per heavy atom. The van der Waals surface area contributed by atoms with E-state index in [1.54, 1.807) is 17.3 Å². The molecule has 5 nitrogen and oxygen atoms in total. The number of nitrogens with zero attached hydrogens (tertiary/aromatic N) is 2. The lowest BCUT2D eigenvalue weighted by Crippen LogP contribution is -2.29.